The maximum absolute atomic E-state index is 6.22. The average Bonchev–Trinajstić information content (AvgIpc) is 3.30. The van der Waals surface area contributed by atoms with Gasteiger partial charge in [-0.2, -0.15) is 10.2 Å². The van der Waals surface area contributed by atoms with Crippen molar-refractivity contribution in [2.24, 2.45) is 0 Å². The van der Waals surface area contributed by atoms with Gasteiger partial charge < -0.3 is 10.5 Å². The van der Waals surface area contributed by atoms with Crippen molar-refractivity contribution in [1.29, 1.82) is 0 Å². The minimum Gasteiger partial charge on any atom is -0.383 e. The molecule has 1 saturated heterocycles. The Morgan fingerprint density at radius 2 is 2.11 bits per heavy atom. The molecule has 27 heavy (non-hydrogen) atoms. The molecule has 0 saturated carbocycles. The molecule has 4 aromatic rings. The number of nitrogen functional groups attached to an aromatic ring is 1. The fraction of sp³-hybridized carbons (Fsp3) is 0.316. The van der Waals surface area contributed by atoms with Crippen molar-refractivity contribution < 1.29 is 4.74 Å². The number of methoxy groups -OCH3 is 1. The van der Waals surface area contributed by atoms with Gasteiger partial charge in [0.25, 0.3) is 0 Å². The third-order valence-corrected chi connectivity index (χ3v) is 5.25. The Hall–Kier alpha value is -2.97. The quantitative estimate of drug-likeness (QED) is 0.562. The van der Waals surface area contributed by atoms with E-state index in [9.17, 15) is 0 Å². The first-order chi connectivity index (χ1) is 13.2. The summed E-state index contributed by atoms with van der Waals surface area (Å²) in [6.07, 6.45) is 4.10. The van der Waals surface area contributed by atoms with Crippen LogP contribution in [0.3, 0.4) is 0 Å². The number of aromatic amines is 1. The number of nitrogens with zero attached hydrogens (tertiary/aromatic N) is 5. The van der Waals surface area contributed by atoms with E-state index in [1.165, 1.54) is 0 Å². The van der Waals surface area contributed by atoms with Gasteiger partial charge >= 0.3 is 0 Å². The number of aromatic nitrogens is 5. The van der Waals surface area contributed by atoms with Crippen molar-refractivity contribution in [2.45, 2.75) is 12.6 Å². The van der Waals surface area contributed by atoms with Gasteiger partial charge in [0.2, 0.25) is 0 Å². The van der Waals surface area contributed by atoms with Gasteiger partial charge in [-0.1, -0.05) is 6.07 Å². The minimum absolute atomic E-state index is 0.370. The van der Waals surface area contributed by atoms with Gasteiger partial charge in [0.1, 0.15) is 11.3 Å². The first kappa shape index (κ1) is 16.2. The molecule has 0 bridgehead atoms. The molecule has 1 fully saturated rings. The van der Waals surface area contributed by atoms with E-state index in [2.05, 4.69) is 32.2 Å². The van der Waals surface area contributed by atoms with Crippen LogP contribution in [0.2, 0.25) is 0 Å². The Balaban J connectivity index is 1.46. The van der Waals surface area contributed by atoms with Gasteiger partial charge in [0, 0.05) is 50.1 Å². The standard InChI is InChI=1S/C19H21N7O/c1-27-13-9-25(10-13)6-7-26-11-15-18(24-26)14-3-2-12(16-4-5-21-23-16)8-17(14)22-19(15)20/h2-5,8,11,13H,6-7,9-10H2,1H3,(H2,20,22)(H,21,23). The van der Waals surface area contributed by atoms with Crippen LogP contribution in [0.5, 0.6) is 0 Å². The van der Waals surface area contributed by atoms with Crippen LogP contribution in [0, 0.1) is 0 Å². The number of hydrogen-bond donors (Lipinski definition) is 2. The molecule has 1 aliphatic rings. The van der Waals surface area contributed by atoms with Crippen LogP contribution in [0.25, 0.3) is 33.1 Å². The van der Waals surface area contributed by atoms with Crippen LogP contribution >= 0.6 is 0 Å². The Morgan fingerprint density at radius 3 is 2.89 bits per heavy atom. The number of nitrogens with two attached hydrogens (primary N) is 1. The van der Waals surface area contributed by atoms with Crippen molar-refractivity contribution in [3.8, 4) is 11.3 Å². The molecule has 8 heteroatoms. The normalized spacial score (nSPS) is 15.6. The molecule has 8 nitrogen and oxygen atoms in total. The molecule has 0 spiro atoms. The van der Waals surface area contributed by atoms with Gasteiger partial charge in [-0.3, -0.25) is 14.7 Å². The molecule has 0 amide bonds. The zero-order valence-corrected chi connectivity index (χ0v) is 15.1. The number of ether oxygens (including phenoxy) is 1. The van der Waals surface area contributed by atoms with Gasteiger partial charge in [-0.15, -0.1) is 0 Å². The molecule has 0 aliphatic carbocycles. The number of anilines is 1. The minimum atomic E-state index is 0.370. The fourth-order valence-corrected chi connectivity index (χ4v) is 3.62. The maximum Gasteiger partial charge on any atom is 0.135 e. The molecule has 3 aromatic heterocycles. The van der Waals surface area contributed by atoms with E-state index >= 15 is 0 Å². The molecule has 1 aromatic carbocycles. The summed E-state index contributed by atoms with van der Waals surface area (Å²) < 4.78 is 7.29. The predicted octanol–water partition coefficient (Wildman–Crippen LogP) is 1.89. The third-order valence-electron chi connectivity index (χ3n) is 5.25. The Morgan fingerprint density at radius 1 is 1.22 bits per heavy atom. The number of hydrogen-bond acceptors (Lipinski definition) is 6. The number of nitrogens with one attached hydrogen (secondary N) is 1. The lowest BCUT2D eigenvalue weighted by Gasteiger charge is -2.37. The molecular formula is C19H21N7O. The van der Waals surface area contributed by atoms with E-state index in [1.54, 1.807) is 13.3 Å². The van der Waals surface area contributed by atoms with Crippen molar-refractivity contribution in [1.82, 2.24) is 29.9 Å². The predicted molar refractivity (Wildman–Crippen MR) is 104 cm³/mol. The summed E-state index contributed by atoms with van der Waals surface area (Å²) in [6, 6.07) is 8.05. The fourth-order valence-electron chi connectivity index (χ4n) is 3.62. The summed E-state index contributed by atoms with van der Waals surface area (Å²) in [7, 11) is 1.76. The van der Waals surface area contributed by atoms with E-state index in [0.717, 1.165) is 59.2 Å². The number of fused-ring (bicyclic) bond motifs is 3. The molecule has 4 heterocycles. The summed E-state index contributed by atoms with van der Waals surface area (Å²) in [6.45, 7) is 3.74. The largest absolute Gasteiger partial charge is 0.383 e. The number of H-pyrrole nitrogens is 1. The van der Waals surface area contributed by atoms with Crippen molar-refractivity contribution in [3.05, 3.63) is 36.7 Å². The first-order valence-electron chi connectivity index (χ1n) is 9.02. The van der Waals surface area contributed by atoms with Crippen LogP contribution in [0.15, 0.2) is 36.7 Å². The van der Waals surface area contributed by atoms with Crippen LogP contribution in [-0.2, 0) is 11.3 Å². The Bertz CT molecular complexity index is 1100. The molecule has 0 radical (unpaired) electrons. The number of rotatable bonds is 5. The average molecular weight is 363 g/mol. The highest BCUT2D eigenvalue weighted by molar-refractivity contribution is 6.08. The lowest BCUT2D eigenvalue weighted by molar-refractivity contribution is -0.0307. The zero-order valence-electron chi connectivity index (χ0n) is 15.1. The molecular weight excluding hydrogens is 342 g/mol. The molecule has 5 rings (SSSR count). The third kappa shape index (κ3) is 2.83. The Kier molecular flexibility index (Phi) is 3.80. The first-order valence-corrected chi connectivity index (χ1v) is 9.02. The molecule has 1 aliphatic heterocycles. The van der Waals surface area contributed by atoms with E-state index < -0.39 is 0 Å². The van der Waals surface area contributed by atoms with Gasteiger partial charge in [-0.25, -0.2) is 4.98 Å². The van der Waals surface area contributed by atoms with E-state index in [4.69, 9.17) is 15.6 Å². The van der Waals surface area contributed by atoms with Crippen LogP contribution in [0.1, 0.15) is 0 Å². The summed E-state index contributed by atoms with van der Waals surface area (Å²) >= 11 is 0. The summed E-state index contributed by atoms with van der Waals surface area (Å²) in [5.41, 5.74) is 9.93. The van der Waals surface area contributed by atoms with E-state index in [-0.39, 0.29) is 0 Å². The number of likely N-dealkylation sites (tertiary alicyclic amines) is 1. The van der Waals surface area contributed by atoms with Crippen molar-refractivity contribution in [2.75, 3.05) is 32.5 Å². The van der Waals surface area contributed by atoms with Crippen molar-refractivity contribution >= 4 is 27.6 Å². The highest BCUT2D eigenvalue weighted by atomic mass is 16.5. The smallest absolute Gasteiger partial charge is 0.135 e. The Labute approximate surface area is 155 Å². The second kappa shape index (κ2) is 6.33. The summed E-state index contributed by atoms with van der Waals surface area (Å²) in [5.74, 6) is 0.508. The lowest BCUT2D eigenvalue weighted by atomic mass is 10.1. The van der Waals surface area contributed by atoms with Crippen LogP contribution in [0.4, 0.5) is 5.82 Å². The van der Waals surface area contributed by atoms with Crippen molar-refractivity contribution in [3.63, 3.8) is 0 Å². The highest BCUT2D eigenvalue weighted by Crippen LogP contribution is 2.29. The van der Waals surface area contributed by atoms with E-state index in [1.807, 2.05) is 23.0 Å². The molecule has 0 atom stereocenters. The second-order valence-corrected chi connectivity index (χ2v) is 6.97. The monoisotopic (exact) mass is 363 g/mol. The lowest BCUT2D eigenvalue weighted by Crippen LogP contribution is -2.52. The topological polar surface area (TPSA) is 97.9 Å². The van der Waals surface area contributed by atoms with Crippen LogP contribution < -0.4 is 5.73 Å². The van der Waals surface area contributed by atoms with Gasteiger partial charge in [0.15, 0.2) is 0 Å². The van der Waals surface area contributed by atoms with Gasteiger partial charge in [0.05, 0.1) is 29.2 Å². The summed E-state index contributed by atoms with van der Waals surface area (Å²) in [4.78, 5) is 6.95. The second-order valence-electron chi connectivity index (χ2n) is 6.97. The maximum atomic E-state index is 6.22. The molecule has 138 valence electrons. The molecule has 0 unspecified atom stereocenters. The summed E-state index contributed by atoms with van der Waals surface area (Å²) in [5, 5.41) is 13.7. The SMILES string of the molecule is COC1CN(CCn2cc3c(N)nc4cc(-c5ccn[nH]5)ccc4c3n2)C1. The van der Waals surface area contributed by atoms with E-state index in [0.29, 0.717) is 11.9 Å². The van der Waals surface area contributed by atoms with Crippen LogP contribution in [-0.4, -0.2) is 62.7 Å². The van der Waals surface area contributed by atoms with Gasteiger partial charge in [-0.05, 0) is 18.2 Å². The number of benzene rings is 1. The number of pyridine rings is 1. The molecule has 3 N–H and O–H groups in total. The highest BCUT2D eigenvalue weighted by Gasteiger charge is 2.25. The zero-order chi connectivity index (χ0) is 18.4.